The number of piperazine rings is 1. The van der Waals surface area contributed by atoms with E-state index in [1.807, 2.05) is 0 Å². The lowest BCUT2D eigenvalue weighted by molar-refractivity contribution is -0.183. The summed E-state index contributed by atoms with van der Waals surface area (Å²) in [6.07, 6.45) is -1.25. The monoisotopic (exact) mass is 422 g/mol. The summed E-state index contributed by atoms with van der Waals surface area (Å²) in [5.41, 5.74) is 0.545. The highest BCUT2D eigenvalue weighted by Crippen LogP contribution is 2.25. The number of aromatic nitrogens is 3. The standard InChI is InChI=1S/C16H21F3N6O2.ClH/c1-10-13(23-15(27-10)11-7-22-24(2)9-11)14(26)21-8-12(16(17,18)19)25-5-3-20-4-6-25;/h7,9,12,20H,3-6,8H2,1-2H3,(H,21,26);1H. The number of carbonyl (C=O) groups excluding carboxylic acids is 1. The van der Waals surface area contributed by atoms with Crippen molar-refractivity contribution in [1.29, 1.82) is 0 Å². The minimum absolute atomic E-state index is 0. The minimum atomic E-state index is -4.44. The van der Waals surface area contributed by atoms with Gasteiger partial charge in [-0.3, -0.25) is 14.4 Å². The Balaban J connectivity index is 0.00000280. The molecule has 3 heterocycles. The van der Waals surface area contributed by atoms with Gasteiger partial charge in [0.1, 0.15) is 11.8 Å². The molecule has 1 amide bonds. The first-order chi connectivity index (χ1) is 12.8. The second kappa shape index (κ2) is 8.93. The van der Waals surface area contributed by atoms with Gasteiger partial charge in [-0.2, -0.15) is 18.3 Å². The number of alkyl halides is 3. The molecule has 1 aliphatic rings. The topological polar surface area (TPSA) is 88.2 Å². The smallest absolute Gasteiger partial charge is 0.405 e. The Morgan fingerprint density at radius 1 is 1.39 bits per heavy atom. The molecule has 28 heavy (non-hydrogen) atoms. The van der Waals surface area contributed by atoms with E-state index in [9.17, 15) is 18.0 Å². The Labute approximate surface area is 165 Å². The summed E-state index contributed by atoms with van der Waals surface area (Å²) in [5.74, 6) is -0.270. The molecule has 12 heteroatoms. The zero-order valence-corrected chi connectivity index (χ0v) is 16.2. The number of aryl methyl sites for hydroxylation is 2. The second-order valence-electron chi connectivity index (χ2n) is 6.38. The van der Waals surface area contributed by atoms with Gasteiger partial charge in [0.05, 0.1) is 11.8 Å². The van der Waals surface area contributed by atoms with Crippen LogP contribution in [0.1, 0.15) is 16.2 Å². The molecule has 0 spiro atoms. The van der Waals surface area contributed by atoms with Crippen molar-refractivity contribution >= 4 is 18.3 Å². The van der Waals surface area contributed by atoms with Crippen LogP contribution in [-0.2, 0) is 7.05 Å². The summed E-state index contributed by atoms with van der Waals surface area (Å²) in [4.78, 5) is 17.8. The molecule has 0 radical (unpaired) electrons. The Morgan fingerprint density at radius 2 is 2.07 bits per heavy atom. The second-order valence-corrected chi connectivity index (χ2v) is 6.38. The van der Waals surface area contributed by atoms with Crippen LogP contribution < -0.4 is 10.6 Å². The molecule has 0 bridgehead atoms. The van der Waals surface area contributed by atoms with Gasteiger partial charge < -0.3 is 15.1 Å². The van der Waals surface area contributed by atoms with Crippen molar-refractivity contribution in [3.05, 3.63) is 23.8 Å². The van der Waals surface area contributed by atoms with Crippen LogP contribution in [0.5, 0.6) is 0 Å². The Bertz CT molecular complexity index is 801. The van der Waals surface area contributed by atoms with Gasteiger partial charge in [0.15, 0.2) is 5.69 Å². The zero-order chi connectivity index (χ0) is 19.6. The first-order valence-corrected chi connectivity index (χ1v) is 8.52. The molecule has 1 atom stereocenters. The molecule has 1 saturated heterocycles. The number of oxazole rings is 1. The maximum atomic E-state index is 13.4. The fourth-order valence-corrected chi connectivity index (χ4v) is 2.98. The van der Waals surface area contributed by atoms with Crippen LogP contribution in [0.2, 0.25) is 0 Å². The quantitative estimate of drug-likeness (QED) is 0.756. The first kappa shape index (κ1) is 22.2. The van der Waals surface area contributed by atoms with Crippen LogP contribution in [0.3, 0.4) is 0 Å². The number of carbonyl (C=O) groups is 1. The average molecular weight is 423 g/mol. The van der Waals surface area contributed by atoms with Crippen LogP contribution in [0.25, 0.3) is 11.5 Å². The molecular formula is C16H22ClF3N6O2. The molecular weight excluding hydrogens is 401 g/mol. The van der Waals surface area contributed by atoms with Crippen molar-refractivity contribution in [3.63, 3.8) is 0 Å². The Hall–Kier alpha value is -2.11. The first-order valence-electron chi connectivity index (χ1n) is 8.52. The van der Waals surface area contributed by atoms with Crippen LogP contribution in [0.15, 0.2) is 16.8 Å². The molecule has 8 nitrogen and oxygen atoms in total. The number of amides is 1. The molecule has 2 aromatic rings. The highest BCUT2D eigenvalue weighted by Gasteiger charge is 2.44. The normalized spacial score (nSPS) is 16.5. The minimum Gasteiger partial charge on any atom is -0.440 e. The van der Waals surface area contributed by atoms with Crippen molar-refractivity contribution in [1.82, 2.24) is 30.3 Å². The summed E-state index contributed by atoms with van der Waals surface area (Å²) in [7, 11) is 1.72. The van der Waals surface area contributed by atoms with Gasteiger partial charge in [-0.25, -0.2) is 4.98 Å². The van der Waals surface area contributed by atoms with E-state index in [0.717, 1.165) is 0 Å². The molecule has 1 aliphatic heterocycles. The van der Waals surface area contributed by atoms with Gasteiger partial charge in [0.2, 0.25) is 5.89 Å². The van der Waals surface area contributed by atoms with Gasteiger partial charge >= 0.3 is 6.18 Å². The molecule has 0 aliphatic carbocycles. The summed E-state index contributed by atoms with van der Waals surface area (Å²) >= 11 is 0. The third-order valence-corrected chi connectivity index (χ3v) is 4.39. The average Bonchev–Trinajstić information content (AvgIpc) is 3.20. The van der Waals surface area contributed by atoms with E-state index in [1.165, 1.54) is 11.1 Å². The van der Waals surface area contributed by atoms with E-state index in [2.05, 4.69) is 20.7 Å². The van der Waals surface area contributed by atoms with E-state index in [4.69, 9.17) is 4.42 Å². The molecule has 0 saturated carbocycles. The van der Waals surface area contributed by atoms with Gasteiger partial charge in [0.25, 0.3) is 5.91 Å². The van der Waals surface area contributed by atoms with Crippen molar-refractivity contribution in [2.75, 3.05) is 32.7 Å². The van der Waals surface area contributed by atoms with Crippen molar-refractivity contribution in [2.45, 2.75) is 19.1 Å². The van der Waals surface area contributed by atoms with Gasteiger partial charge in [0, 0.05) is 46.0 Å². The summed E-state index contributed by atoms with van der Waals surface area (Å²) in [5, 5.41) is 9.36. The van der Waals surface area contributed by atoms with Crippen LogP contribution in [0.4, 0.5) is 13.2 Å². The zero-order valence-electron chi connectivity index (χ0n) is 15.4. The van der Waals surface area contributed by atoms with Crippen LogP contribution in [-0.4, -0.2) is 70.5 Å². The Kier molecular flexibility index (Phi) is 7.07. The lowest BCUT2D eigenvalue weighted by Crippen LogP contribution is -2.57. The largest absolute Gasteiger partial charge is 0.440 e. The van der Waals surface area contributed by atoms with Gasteiger partial charge in [-0.1, -0.05) is 0 Å². The molecule has 2 N–H and O–H groups in total. The molecule has 3 rings (SSSR count). The predicted octanol–water partition coefficient (Wildman–Crippen LogP) is 1.37. The summed E-state index contributed by atoms with van der Waals surface area (Å²) < 4.78 is 47.2. The number of nitrogens with zero attached hydrogens (tertiary/aromatic N) is 4. The fourth-order valence-electron chi connectivity index (χ4n) is 2.98. The summed E-state index contributed by atoms with van der Waals surface area (Å²) in [6.45, 7) is 2.51. The number of nitrogens with one attached hydrogen (secondary N) is 2. The van der Waals surface area contributed by atoms with E-state index < -0.39 is 24.7 Å². The fraction of sp³-hybridized carbons (Fsp3) is 0.562. The van der Waals surface area contributed by atoms with Gasteiger partial charge in [-0.05, 0) is 6.92 Å². The maximum absolute atomic E-state index is 13.4. The van der Waals surface area contributed by atoms with Crippen molar-refractivity contribution < 1.29 is 22.4 Å². The third kappa shape index (κ3) is 5.03. The van der Waals surface area contributed by atoms with E-state index in [0.29, 0.717) is 18.7 Å². The predicted molar refractivity (Wildman–Crippen MR) is 97.3 cm³/mol. The molecule has 0 aromatic carbocycles. The van der Waals surface area contributed by atoms with E-state index in [-0.39, 0.29) is 42.8 Å². The molecule has 156 valence electrons. The van der Waals surface area contributed by atoms with Crippen LogP contribution in [0, 0.1) is 6.92 Å². The molecule has 1 fully saturated rings. The number of halogens is 4. The highest BCUT2D eigenvalue weighted by molar-refractivity contribution is 5.93. The maximum Gasteiger partial charge on any atom is 0.405 e. The third-order valence-electron chi connectivity index (χ3n) is 4.39. The van der Waals surface area contributed by atoms with Crippen molar-refractivity contribution in [3.8, 4) is 11.5 Å². The lowest BCUT2D eigenvalue weighted by Gasteiger charge is -2.35. The highest BCUT2D eigenvalue weighted by atomic mass is 35.5. The molecule has 2 aromatic heterocycles. The summed E-state index contributed by atoms with van der Waals surface area (Å²) in [6, 6.07) is -1.74. The number of hydrogen-bond donors (Lipinski definition) is 2. The molecule has 1 unspecified atom stereocenters. The van der Waals surface area contributed by atoms with E-state index in [1.54, 1.807) is 24.9 Å². The van der Waals surface area contributed by atoms with E-state index >= 15 is 0 Å². The van der Waals surface area contributed by atoms with Crippen LogP contribution >= 0.6 is 12.4 Å². The number of rotatable bonds is 5. The Morgan fingerprint density at radius 3 is 2.64 bits per heavy atom. The number of hydrogen-bond acceptors (Lipinski definition) is 6. The lowest BCUT2D eigenvalue weighted by atomic mass is 10.2. The SMILES string of the molecule is Cc1oc(-c2cnn(C)c2)nc1C(=O)NCC(N1CCNCC1)C(F)(F)F.Cl. The van der Waals surface area contributed by atoms with Crippen molar-refractivity contribution in [2.24, 2.45) is 7.05 Å². The van der Waals surface area contributed by atoms with Gasteiger partial charge in [-0.15, -0.1) is 12.4 Å².